The fourth-order valence-corrected chi connectivity index (χ4v) is 8.14. The van der Waals surface area contributed by atoms with Crippen molar-refractivity contribution in [1.29, 1.82) is 0 Å². The molecular formula is C44H38N4Si. The van der Waals surface area contributed by atoms with E-state index >= 15 is 0 Å². The summed E-state index contributed by atoms with van der Waals surface area (Å²) in [4.78, 5) is 19.2. The van der Waals surface area contributed by atoms with Gasteiger partial charge in [-0.1, -0.05) is 136 Å². The van der Waals surface area contributed by atoms with Crippen LogP contribution in [0, 0.1) is 0 Å². The van der Waals surface area contributed by atoms with Gasteiger partial charge in [0.15, 0.2) is 17.5 Å². The van der Waals surface area contributed by atoms with Gasteiger partial charge in [-0.15, -0.1) is 0 Å². The van der Waals surface area contributed by atoms with Gasteiger partial charge in [0.1, 0.15) is 0 Å². The van der Waals surface area contributed by atoms with Crippen molar-refractivity contribution in [3.63, 3.8) is 0 Å². The van der Waals surface area contributed by atoms with Crippen molar-refractivity contribution >= 4 is 13.3 Å². The summed E-state index contributed by atoms with van der Waals surface area (Å²) in [7, 11) is -1.43. The van der Waals surface area contributed by atoms with Crippen molar-refractivity contribution in [2.24, 2.45) is 0 Å². The highest BCUT2D eigenvalue weighted by Crippen LogP contribution is 2.49. The Morgan fingerprint density at radius 3 is 1.63 bits per heavy atom. The highest BCUT2D eigenvalue weighted by Gasteiger charge is 2.35. The monoisotopic (exact) mass is 650 g/mol. The maximum absolute atomic E-state index is 5.02. The van der Waals surface area contributed by atoms with E-state index in [-0.39, 0.29) is 5.41 Å². The van der Waals surface area contributed by atoms with Gasteiger partial charge >= 0.3 is 0 Å². The zero-order chi connectivity index (χ0) is 33.8. The molecule has 2 aromatic heterocycles. The van der Waals surface area contributed by atoms with E-state index < -0.39 is 8.07 Å². The molecule has 0 saturated heterocycles. The summed E-state index contributed by atoms with van der Waals surface area (Å²) in [5.74, 6) is 1.90. The molecule has 2 heterocycles. The summed E-state index contributed by atoms with van der Waals surface area (Å²) in [6, 6.07) is 45.7. The van der Waals surface area contributed by atoms with Crippen LogP contribution in [0.1, 0.15) is 25.0 Å². The van der Waals surface area contributed by atoms with Crippen molar-refractivity contribution in [3.05, 3.63) is 151 Å². The Morgan fingerprint density at radius 2 is 0.980 bits per heavy atom. The molecule has 0 bridgehead atoms. The molecule has 0 fully saturated rings. The molecule has 5 heteroatoms. The van der Waals surface area contributed by atoms with Crippen LogP contribution in [0.15, 0.2) is 140 Å². The van der Waals surface area contributed by atoms with E-state index in [1.54, 1.807) is 12.4 Å². The maximum Gasteiger partial charge on any atom is 0.165 e. The third-order valence-corrected chi connectivity index (χ3v) is 11.9. The fraction of sp³-hybridized carbons (Fsp3) is 0.136. The predicted molar refractivity (Wildman–Crippen MR) is 205 cm³/mol. The molecular weight excluding hydrogens is 613 g/mol. The van der Waals surface area contributed by atoms with Gasteiger partial charge in [0.2, 0.25) is 0 Å². The smallest absolute Gasteiger partial charge is 0.165 e. The molecule has 0 aliphatic heterocycles. The average molecular weight is 651 g/mol. The lowest BCUT2D eigenvalue weighted by molar-refractivity contribution is 0.660. The first-order valence-electron chi connectivity index (χ1n) is 16.9. The standard InChI is InChI=1S/C44H38N4Si/c1-44(2)39-17-7-6-16-37(39)38-23-20-33(27-40(38)44)31-12-8-11-30(25-31)32-13-9-14-34(26-32)42-46-41(29-18-21-36(22-19-29)49(3,4)5)47-43(48-42)35-15-10-24-45-28-35/h6-28H,1-5H3. The Hall–Kier alpha value is -5.52. The van der Waals surface area contributed by atoms with Crippen LogP contribution in [-0.2, 0) is 5.41 Å². The molecule has 8 rings (SSSR count). The zero-order valence-corrected chi connectivity index (χ0v) is 29.6. The molecule has 0 unspecified atom stereocenters. The molecule has 49 heavy (non-hydrogen) atoms. The van der Waals surface area contributed by atoms with Crippen molar-refractivity contribution in [2.75, 3.05) is 0 Å². The number of aromatic nitrogens is 4. The van der Waals surface area contributed by atoms with Crippen LogP contribution in [0.25, 0.3) is 67.5 Å². The molecule has 7 aromatic rings. The second kappa shape index (κ2) is 11.9. The predicted octanol–water partition coefficient (Wildman–Crippen LogP) is 10.5. The minimum atomic E-state index is -1.43. The molecule has 0 atom stereocenters. The van der Waals surface area contributed by atoms with Crippen LogP contribution in [0.5, 0.6) is 0 Å². The first-order chi connectivity index (χ1) is 23.6. The summed E-state index contributed by atoms with van der Waals surface area (Å²) in [5.41, 5.74) is 12.9. The van der Waals surface area contributed by atoms with Crippen molar-refractivity contribution in [1.82, 2.24) is 19.9 Å². The number of benzene rings is 5. The van der Waals surface area contributed by atoms with Crippen LogP contribution in [0.3, 0.4) is 0 Å². The SMILES string of the molecule is CC1(C)c2ccccc2-c2ccc(-c3cccc(-c4cccc(-c5nc(-c6ccc([Si](C)(C)C)cc6)nc(-c6cccnc6)n5)c4)c3)cc21. The summed E-state index contributed by atoms with van der Waals surface area (Å²) in [6.45, 7) is 11.7. The van der Waals surface area contributed by atoms with E-state index in [0.29, 0.717) is 17.5 Å². The number of hydrogen-bond acceptors (Lipinski definition) is 4. The van der Waals surface area contributed by atoms with Crippen LogP contribution < -0.4 is 5.19 Å². The minimum Gasteiger partial charge on any atom is -0.264 e. The first kappa shape index (κ1) is 30.8. The Labute approximate surface area is 289 Å². The van der Waals surface area contributed by atoms with Crippen LogP contribution in [0.2, 0.25) is 19.6 Å². The van der Waals surface area contributed by atoms with E-state index in [1.165, 1.54) is 38.6 Å². The van der Waals surface area contributed by atoms with E-state index in [9.17, 15) is 0 Å². The van der Waals surface area contributed by atoms with Crippen LogP contribution >= 0.6 is 0 Å². The third-order valence-electron chi connectivity index (χ3n) is 9.80. The number of pyridine rings is 1. The van der Waals surface area contributed by atoms with Gasteiger partial charge in [0.25, 0.3) is 0 Å². The summed E-state index contributed by atoms with van der Waals surface area (Å²) in [5, 5.41) is 1.40. The number of nitrogens with zero attached hydrogens (tertiary/aromatic N) is 4. The number of hydrogen-bond donors (Lipinski definition) is 0. The van der Waals surface area contributed by atoms with E-state index in [4.69, 9.17) is 15.0 Å². The molecule has 0 amide bonds. The molecule has 0 radical (unpaired) electrons. The van der Waals surface area contributed by atoms with Gasteiger partial charge in [0, 0.05) is 34.5 Å². The number of fused-ring (bicyclic) bond motifs is 3. The van der Waals surface area contributed by atoms with Crippen LogP contribution in [0.4, 0.5) is 0 Å². The van der Waals surface area contributed by atoms with Gasteiger partial charge in [-0.25, -0.2) is 15.0 Å². The second-order valence-electron chi connectivity index (χ2n) is 14.5. The topological polar surface area (TPSA) is 51.6 Å². The molecule has 0 saturated carbocycles. The number of rotatable bonds is 6. The Morgan fingerprint density at radius 1 is 0.449 bits per heavy atom. The van der Waals surface area contributed by atoms with Gasteiger partial charge in [-0.2, -0.15) is 0 Å². The molecule has 0 spiro atoms. The van der Waals surface area contributed by atoms with Crippen LogP contribution in [-0.4, -0.2) is 28.0 Å². The van der Waals surface area contributed by atoms with Gasteiger partial charge in [0.05, 0.1) is 8.07 Å². The Bertz CT molecular complexity index is 2340. The maximum atomic E-state index is 5.02. The average Bonchev–Trinajstić information content (AvgIpc) is 3.37. The Kier molecular flexibility index (Phi) is 7.46. The molecule has 4 nitrogen and oxygen atoms in total. The third kappa shape index (κ3) is 5.70. The molecule has 5 aromatic carbocycles. The zero-order valence-electron chi connectivity index (χ0n) is 28.6. The highest BCUT2D eigenvalue weighted by atomic mass is 28.3. The van der Waals surface area contributed by atoms with Gasteiger partial charge < -0.3 is 0 Å². The molecule has 1 aliphatic carbocycles. The Balaban J connectivity index is 1.17. The lowest BCUT2D eigenvalue weighted by Crippen LogP contribution is -2.37. The lowest BCUT2D eigenvalue weighted by atomic mass is 9.81. The summed E-state index contributed by atoms with van der Waals surface area (Å²) in [6.07, 6.45) is 3.57. The second-order valence-corrected chi connectivity index (χ2v) is 19.5. The summed E-state index contributed by atoms with van der Waals surface area (Å²) >= 11 is 0. The minimum absolute atomic E-state index is 0.0394. The normalized spacial score (nSPS) is 13.2. The lowest BCUT2D eigenvalue weighted by Gasteiger charge is -2.22. The van der Waals surface area contributed by atoms with E-state index in [1.807, 2.05) is 12.1 Å². The van der Waals surface area contributed by atoms with E-state index in [0.717, 1.165) is 27.8 Å². The van der Waals surface area contributed by atoms with E-state index in [2.05, 4.69) is 154 Å². The van der Waals surface area contributed by atoms with Crippen molar-refractivity contribution in [3.8, 4) is 67.5 Å². The largest absolute Gasteiger partial charge is 0.264 e. The van der Waals surface area contributed by atoms with Crippen molar-refractivity contribution < 1.29 is 0 Å². The fourth-order valence-electron chi connectivity index (χ4n) is 6.98. The quantitative estimate of drug-likeness (QED) is 0.168. The van der Waals surface area contributed by atoms with Gasteiger partial charge in [-0.3, -0.25) is 4.98 Å². The van der Waals surface area contributed by atoms with Crippen molar-refractivity contribution in [2.45, 2.75) is 38.9 Å². The van der Waals surface area contributed by atoms with Gasteiger partial charge in [-0.05, 0) is 74.8 Å². The molecule has 238 valence electrons. The molecule has 1 aliphatic rings. The summed E-state index contributed by atoms with van der Waals surface area (Å²) < 4.78 is 0. The first-order valence-corrected chi connectivity index (χ1v) is 20.4. The molecule has 0 N–H and O–H groups in total. The highest BCUT2D eigenvalue weighted by molar-refractivity contribution is 6.88.